The predicted molar refractivity (Wildman–Crippen MR) is 108 cm³/mol. The van der Waals surface area contributed by atoms with Crippen molar-refractivity contribution >= 4 is 12.0 Å². The third-order valence-electron chi connectivity index (χ3n) is 5.06. The highest BCUT2D eigenvalue weighted by Gasteiger charge is 2.31. The van der Waals surface area contributed by atoms with Crippen LogP contribution in [0.3, 0.4) is 0 Å². The SMILES string of the molecule is COc1ccc2c(c1)CC(C)N(C(=O)C=Cc1ccc(OCC#N)cc1)C2C. The molecule has 1 aliphatic rings. The number of carbonyl (C=O) groups is 1. The summed E-state index contributed by atoms with van der Waals surface area (Å²) >= 11 is 0. The van der Waals surface area contributed by atoms with Gasteiger partial charge in [0, 0.05) is 12.1 Å². The zero-order chi connectivity index (χ0) is 20.1. The van der Waals surface area contributed by atoms with E-state index in [1.807, 2.05) is 29.2 Å². The molecule has 0 bridgehead atoms. The molecular weight excluding hydrogens is 352 g/mol. The van der Waals surface area contributed by atoms with Crippen molar-refractivity contribution in [3.8, 4) is 17.6 Å². The molecule has 28 heavy (non-hydrogen) atoms. The number of methoxy groups -OCH3 is 1. The lowest BCUT2D eigenvalue weighted by Crippen LogP contribution is -2.44. The van der Waals surface area contributed by atoms with E-state index in [1.165, 1.54) is 11.1 Å². The Morgan fingerprint density at radius 3 is 2.61 bits per heavy atom. The second-order valence-electron chi connectivity index (χ2n) is 6.89. The molecule has 0 aliphatic carbocycles. The number of ether oxygens (including phenoxy) is 2. The smallest absolute Gasteiger partial charge is 0.247 e. The summed E-state index contributed by atoms with van der Waals surface area (Å²) in [6.45, 7) is 4.16. The number of nitrogens with zero attached hydrogens (tertiary/aromatic N) is 2. The van der Waals surface area contributed by atoms with Crippen LogP contribution in [0.15, 0.2) is 48.5 Å². The fraction of sp³-hybridized carbons (Fsp3) is 0.304. The zero-order valence-corrected chi connectivity index (χ0v) is 16.4. The summed E-state index contributed by atoms with van der Waals surface area (Å²) in [6.07, 6.45) is 4.23. The zero-order valence-electron chi connectivity index (χ0n) is 16.4. The van der Waals surface area contributed by atoms with Crippen LogP contribution in [-0.2, 0) is 11.2 Å². The largest absolute Gasteiger partial charge is 0.497 e. The fourth-order valence-corrected chi connectivity index (χ4v) is 3.69. The lowest BCUT2D eigenvalue weighted by atomic mass is 9.89. The van der Waals surface area contributed by atoms with Gasteiger partial charge in [0.2, 0.25) is 5.91 Å². The van der Waals surface area contributed by atoms with E-state index in [1.54, 1.807) is 31.4 Å². The first-order valence-electron chi connectivity index (χ1n) is 9.30. The Hall–Kier alpha value is -3.26. The van der Waals surface area contributed by atoms with Crippen molar-refractivity contribution in [3.05, 3.63) is 65.2 Å². The number of fused-ring (bicyclic) bond motifs is 1. The van der Waals surface area contributed by atoms with Crippen molar-refractivity contribution in [2.45, 2.75) is 32.4 Å². The number of amides is 1. The van der Waals surface area contributed by atoms with Crippen molar-refractivity contribution in [2.24, 2.45) is 0 Å². The maximum Gasteiger partial charge on any atom is 0.247 e. The Morgan fingerprint density at radius 2 is 1.93 bits per heavy atom. The summed E-state index contributed by atoms with van der Waals surface area (Å²) in [4.78, 5) is 14.8. The van der Waals surface area contributed by atoms with Crippen LogP contribution in [0, 0.1) is 11.3 Å². The first kappa shape index (κ1) is 19.5. The molecule has 0 aromatic heterocycles. The van der Waals surface area contributed by atoms with E-state index in [4.69, 9.17) is 14.7 Å². The Labute approximate surface area is 165 Å². The van der Waals surface area contributed by atoms with Crippen molar-refractivity contribution < 1.29 is 14.3 Å². The molecule has 2 aromatic rings. The van der Waals surface area contributed by atoms with Crippen LogP contribution in [-0.4, -0.2) is 30.6 Å². The summed E-state index contributed by atoms with van der Waals surface area (Å²) in [6, 6.07) is 15.4. The number of nitriles is 1. The minimum Gasteiger partial charge on any atom is -0.497 e. The Kier molecular flexibility index (Phi) is 6.00. The molecule has 2 unspecified atom stereocenters. The molecule has 144 valence electrons. The van der Waals surface area contributed by atoms with E-state index in [0.717, 1.165) is 17.7 Å². The van der Waals surface area contributed by atoms with Gasteiger partial charge < -0.3 is 14.4 Å². The average molecular weight is 376 g/mol. The maximum absolute atomic E-state index is 12.9. The third kappa shape index (κ3) is 4.17. The summed E-state index contributed by atoms with van der Waals surface area (Å²) in [7, 11) is 1.67. The molecule has 0 N–H and O–H groups in total. The standard InChI is InChI=1S/C23H24N2O3/c1-16-14-19-15-21(27-3)9-10-22(19)17(2)25(16)23(26)11-6-18-4-7-20(8-5-18)28-13-12-24/h4-11,15-17H,13-14H2,1-3H3. The summed E-state index contributed by atoms with van der Waals surface area (Å²) in [5.74, 6) is 1.47. The van der Waals surface area contributed by atoms with E-state index in [0.29, 0.717) is 5.75 Å². The van der Waals surface area contributed by atoms with Crippen molar-refractivity contribution in [1.82, 2.24) is 4.90 Å². The average Bonchev–Trinajstić information content (AvgIpc) is 2.71. The second-order valence-corrected chi connectivity index (χ2v) is 6.89. The minimum atomic E-state index is -0.00808. The topological polar surface area (TPSA) is 62.6 Å². The maximum atomic E-state index is 12.9. The van der Waals surface area contributed by atoms with Crippen LogP contribution in [0.1, 0.15) is 36.6 Å². The van der Waals surface area contributed by atoms with Gasteiger partial charge in [-0.1, -0.05) is 18.2 Å². The quantitative estimate of drug-likeness (QED) is 0.736. The molecule has 1 heterocycles. The van der Waals surface area contributed by atoms with Crippen molar-refractivity contribution in [2.75, 3.05) is 13.7 Å². The van der Waals surface area contributed by atoms with Gasteiger partial charge in [0.25, 0.3) is 0 Å². The predicted octanol–water partition coefficient (Wildman–Crippen LogP) is 4.15. The molecular formula is C23H24N2O3. The van der Waals surface area contributed by atoms with Crippen LogP contribution in [0.2, 0.25) is 0 Å². The van der Waals surface area contributed by atoms with Gasteiger partial charge in [-0.25, -0.2) is 0 Å². The first-order valence-corrected chi connectivity index (χ1v) is 9.30. The number of hydrogen-bond acceptors (Lipinski definition) is 4. The van der Waals surface area contributed by atoms with E-state index in [2.05, 4.69) is 26.0 Å². The monoisotopic (exact) mass is 376 g/mol. The number of carbonyl (C=O) groups excluding carboxylic acids is 1. The second kappa shape index (κ2) is 8.62. The Balaban J connectivity index is 1.73. The lowest BCUT2D eigenvalue weighted by Gasteiger charge is -2.40. The van der Waals surface area contributed by atoms with Gasteiger partial charge in [0.05, 0.1) is 13.2 Å². The molecule has 0 fully saturated rings. The van der Waals surface area contributed by atoms with Gasteiger partial charge in [0.1, 0.15) is 17.6 Å². The summed E-state index contributed by atoms with van der Waals surface area (Å²) in [5.41, 5.74) is 3.31. The van der Waals surface area contributed by atoms with E-state index < -0.39 is 0 Å². The Morgan fingerprint density at radius 1 is 1.21 bits per heavy atom. The summed E-state index contributed by atoms with van der Waals surface area (Å²) in [5, 5.41) is 8.55. The number of rotatable bonds is 5. The van der Waals surface area contributed by atoms with Crippen molar-refractivity contribution in [1.29, 1.82) is 5.26 Å². The van der Waals surface area contributed by atoms with Gasteiger partial charge in [-0.15, -0.1) is 0 Å². The highest BCUT2D eigenvalue weighted by Crippen LogP contribution is 2.35. The number of hydrogen-bond donors (Lipinski definition) is 0. The van der Waals surface area contributed by atoms with Crippen LogP contribution >= 0.6 is 0 Å². The van der Waals surface area contributed by atoms with Crippen LogP contribution in [0.4, 0.5) is 0 Å². The van der Waals surface area contributed by atoms with Gasteiger partial charge in [0.15, 0.2) is 6.61 Å². The highest BCUT2D eigenvalue weighted by molar-refractivity contribution is 5.92. The molecule has 1 amide bonds. The Bertz CT molecular complexity index is 912. The van der Waals surface area contributed by atoms with Crippen LogP contribution in [0.5, 0.6) is 11.5 Å². The van der Waals surface area contributed by atoms with E-state index >= 15 is 0 Å². The molecule has 2 aromatic carbocycles. The van der Waals surface area contributed by atoms with Crippen molar-refractivity contribution in [3.63, 3.8) is 0 Å². The lowest BCUT2D eigenvalue weighted by molar-refractivity contribution is -0.130. The fourth-order valence-electron chi connectivity index (χ4n) is 3.69. The molecule has 0 saturated heterocycles. The molecule has 3 rings (SSSR count). The molecule has 2 atom stereocenters. The number of benzene rings is 2. The minimum absolute atomic E-state index is 0.00330. The molecule has 0 spiro atoms. The molecule has 5 nitrogen and oxygen atoms in total. The first-order chi connectivity index (χ1) is 13.5. The van der Waals surface area contributed by atoms with Crippen LogP contribution < -0.4 is 9.47 Å². The molecule has 0 saturated carbocycles. The van der Waals surface area contributed by atoms with E-state index in [9.17, 15) is 4.79 Å². The molecule has 5 heteroatoms. The highest BCUT2D eigenvalue weighted by atomic mass is 16.5. The molecule has 0 radical (unpaired) electrons. The van der Waals surface area contributed by atoms with E-state index in [-0.39, 0.29) is 24.6 Å². The van der Waals surface area contributed by atoms with Crippen LogP contribution in [0.25, 0.3) is 6.08 Å². The van der Waals surface area contributed by atoms with Gasteiger partial charge >= 0.3 is 0 Å². The molecule has 1 aliphatic heterocycles. The normalized spacial score (nSPS) is 18.4. The summed E-state index contributed by atoms with van der Waals surface area (Å²) < 4.78 is 10.6. The van der Waals surface area contributed by atoms with Gasteiger partial charge in [-0.3, -0.25) is 4.79 Å². The van der Waals surface area contributed by atoms with Gasteiger partial charge in [-0.05, 0) is 67.3 Å². The van der Waals surface area contributed by atoms with Gasteiger partial charge in [-0.2, -0.15) is 5.26 Å². The third-order valence-corrected chi connectivity index (χ3v) is 5.06.